The summed E-state index contributed by atoms with van der Waals surface area (Å²) in [5.41, 5.74) is 9.68. The van der Waals surface area contributed by atoms with Gasteiger partial charge >= 0.3 is 6.09 Å². The summed E-state index contributed by atoms with van der Waals surface area (Å²) in [5, 5.41) is 12.6. The number of nitrogens with zero attached hydrogens (tertiary/aromatic N) is 1. The first-order chi connectivity index (χ1) is 18.7. The van der Waals surface area contributed by atoms with Crippen LogP contribution >= 0.6 is 0 Å². The molecule has 1 aromatic heterocycles. The lowest BCUT2D eigenvalue weighted by atomic mass is 9.70. The molecule has 4 N–H and O–H groups in total. The number of nitrogen functional groups attached to an aromatic ring is 1. The second-order valence-electron chi connectivity index (χ2n) is 10.5. The number of anilines is 1. The van der Waals surface area contributed by atoms with E-state index in [0.29, 0.717) is 35.5 Å². The van der Waals surface area contributed by atoms with Crippen molar-refractivity contribution in [3.63, 3.8) is 0 Å². The summed E-state index contributed by atoms with van der Waals surface area (Å²) in [5.74, 6) is 0.289. The summed E-state index contributed by atoms with van der Waals surface area (Å²) in [6, 6.07) is 27.9. The van der Waals surface area contributed by atoms with Crippen LogP contribution in [0.15, 0.2) is 91.0 Å². The smallest absolute Gasteiger partial charge is 0.405 e. The van der Waals surface area contributed by atoms with Gasteiger partial charge in [0.05, 0.1) is 17.3 Å². The standard InChI is InChI=1S/C32H33N3O4/c1-32(2,3)28(22-14-8-5-9-15-22)29(35-31(37)38)24-18-26(34-30(33)25(24)19-36)23-16-10-11-17-27(23)39-20-21-12-6-4-7-13-21/h4-19,28-29,35H,20H2,1-3H3,(H2,33,34)(H,37,38). The number of pyridine rings is 1. The minimum absolute atomic E-state index is 0.0215. The average Bonchev–Trinajstić information content (AvgIpc) is 2.91. The average molecular weight is 524 g/mol. The molecule has 0 saturated heterocycles. The molecule has 1 heterocycles. The van der Waals surface area contributed by atoms with E-state index in [9.17, 15) is 14.7 Å². The lowest BCUT2D eigenvalue weighted by Crippen LogP contribution is -2.37. The molecule has 1 amide bonds. The minimum Gasteiger partial charge on any atom is -0.488 e. The van der Waals surface area contributed by atoms with Crippen LogP contribution in [-0.2, 0) is 6.61 Å². The van der Waals surface area contributed by atoms with Gasteiger partial charge in [0.2, 0.25) is 0 Å². The molecule has 3 aromatic carbocycles. The maximum absolute atomic E-state index is 12.3. The number of carboxylic acid groups (broad SMARTS) is 1. The summed E-state index contributed by atoms with van der Waals surface area (Å²) in [7, 11) is 0. The third-order valence-corrected chi connectivity index (χ3v) is 6.68. The number of para-hydroxylation sites is 1. The van der Waals surface area contributed by atoms with Crippen molar-refractivity contribution in [3.05, 3.63) is 113 Å². The fourth-order valence-corrected chi connectivity index (χ4v) is 4.98. The van der Waals surface area contributed by atoms with Crippen LogP contribution in [0.4, 0.5) is 10.6 Å². The quantitative estimate of drug-likeness (QED) is 0.206. The Morgan fingerprint density at radius 3 is 2.23 bits per heavy atom. The normalized spacial score (nSPS) is 12.8. The van der Waals surface area contributed by atoms with Crippen LogP contribution in [0.25, 0.3) is 11.3 Å². The number of aldehydes is 1. The molecule has 0 fully saturated rings. The largest absolute Gasteiger partial charge is 0.488 e. The number of ether oxygens (including phenoxy) is 1. The topological polar surface area (TPSA) is 115 Å². The number of hydrogen-bond acceptors (Lipinski definition) is 5. The highest BCUT2D eigenvalue weighted by atomic mass is 16.5. The van der Waals surface area contributed by atoms with Gasteiger partial charge in [-0.1, -0.05) is 93.6 Å². The van der Waals surface area contributed by atoms with Gasteiger partial charge in [-0.3, -0.25) is 4.79 Å². The van der Waals surface area contributed by atoms with Crippen LogP contribution < -0.4 is 15.8 Å². The lowest BCUT2D eigenvalue weighted by Gasteiger charge is -2.38. The fraction of sp³-hybridized carbons (Fsp3) is 0.219. The molecule has 0 aliphatic heterocycles. The second-order valence-corrected chi connectivity index (χ2v) is 10.5. The van der Waals surface area contributed by atoms with E-state index in [0.717, 1.165) is 11.1 Å². The van der Waals surface area contributed by atoms with Crippen molar-refractivity contribution in [3.8, 4) is 17.0 Å². The van der Waals surface area contributed by atoms with Crippen LogP contribution in [0.5, 0.6) is 5.75 Å². The molecule has 0 spiro atoms. The maximum atomic E-state index is 12.3. The summed E-state index contributed by atoms with van der Waals surface area (Å²) in [6.45, 7) is 6.48. The van der Waals surface area contributed by atoms with E-state index in [1.807, 2.05) is 106 Å². The molecule has 0 radical (unpaired) electrons. The van der Waals surface area contributed by atoms with E-state index in [-0.39, 0.29) is 22.7 Å². The Hall–Kier alpha value is -4.65. The summed E-state index contributed by atoms with van der Waals surface area (Å²) in [6.07, 6.45) is -0.564. The molecule has 4 aromatic rings. The molecule has 39 heavy (non-hydrogen) atoms. The number of hydrogen-bond donors (Lipinski definition) is 3. The molecule has 7 nitrogen and oxygen atoms in total. The number of carbonyl (C=O) groups excluding carboxylic acids is 1. The van der Waals surface area contributed by atoms with E-state index < -0.39 is 12.1 Å². The number of benzene rings is 3. The van der Waals surface area contributed by atoms with Crippen LogP contribution in [-0.4, -0.2) is 22.5 Å². The Morgan fingerprint density at radius 1 is 1.00 bits per heavy atom. The van der Waals surface area contributed by atoms with Crippen molar-refractivity contribution in [2.75, 3.05) is 5.73 Å². The molecule has 200 valence electrons. The predicted octanol–water partition coefficient (Wildman–Crippen LogP) is 6.86. The summed E-state index contributed by atoms with van der Waals surface area (Å²) < 4.78 is 6.15. The molecule has 0 bridgehead atoms. The lowest BCUT2D eigenvalue weighted by molar-refractivity contribution is 0.112. The third kappa shape index (κ3) is 6.44. The number of carbonyl (C=O) groups is 2. The Labute approximate surface area is 228 Å². The van der Waals surface area contributed by atoms with Crippen molar-refractivity contribution in [1.29, 1.82) is 0 Å². The van der Waals surface area contributed by atoms with Gasteiger partial charge in [0, 0.05) is 11.5 Å². The molecule has 0 aliphatic carbocycles. The highest BCUT2D eigenvalue weighted by Gasteiger charge is 2.37. The summed E-state index contributed by atoms with van der Waals surface area (Å²) in [4.78, 5) is 28.9. The zero-order valence-electron chi connectivity index (χ0n) is 22.3. The zero-order chi connectivity index (χ0) is 28.0. The monoisotopic (exact) mass is 523 g/mol. The van der Waals surface area contributed by atoms with Crippen molar-refractivity contribution >= 4 is 18.2 Å². The maximum Gasteiger partial charge on any atom is 0.405 e. The van der Waals surface area contributed by atoms with Gasteiger partial charge in [-0.2, -0.15) is 0 Å². The number of nitrogens with one attached hydrogen (secondary N) is 1. The van der Waals surface area contributed by atoms with E-state index in [4.69, 9.17) is 10.5 Å². The van der Waals surface area contributed by atoms with E-state index in [2.05, 4.69) is 10.3 Å². The number of amides is 1. The first kappa shape index (κ1) is 27.4. The number of aromatic nitrogens is 1. The van der Waals surface area contributed by atoms with Crippen LogP contribution in [0.1, 0.15) is 59.8 Å². The Balaban J connectivity index is 1.86. The van der Waals surface area contributed by atoms with Gasteiger partial charge in [-0.05, 0) is 40.3 Å². The summed E-state index contributed by atoms with van der Waals surface area (Å²) >= 11 is 0. The first-order valence-corrected chi connectivity index (χ1v) is 12.7. The van der Waals surface area contributed by atoms with Gasteiger partial charge in [0.25, 0.3) is 0 Å². The molecule has 4 rings (SSSR count). The predicted molar refractivity (Wildman–Crippen MR) is 153 cm³/mol. The second kappa shape index (κ2) is 11.8. The van der Waals surface area contributed by atoms with Crippen LogP contribution in [0.3, 0.4) is 0 Å². The van der Waals surface area contributed by atoms with E-state index >= 15 is 0 Å². The first-order valence-electron chi connectivity index (χ1n) is 12.7. The number of nitrogens with two attached hydrogens (primary N) is 1. The van der Waals surface area contributed by atoms with Gasteiger partial charge in [-0.25, -0.2) is 9.78 Å². The van der Waals surface area contributed by atoms with Crippen molar-refractivity contribution in [2.45, 2.75) is 39.3 Å². The van der Waals surface area contributed by atoms with Crippen LogP contribution in [0, 0.1) is 5.41 Å². The highest BCUT2D eigenvalue weighted by molar-refractivity contribution is 5.86. The Bertz CT molecular complexity index is 1430. The molecule has 7 heteroatoms. The van der Waals surface area contributed by atoms with Gasteiger partial charge in [0.15, 0.2) is 6.29 Å². The van der Waals surface area contributed by atoms with Gasteiger partial charge in [-0.15, -0.1) is 0 Å². The third-order valence-electron chi connectivity index (χ3n) is 6.68. The zero-order valence-corrected chi connectivity index (χ0v) is 22.3. The Kier molecular flexibility index (Phi) is 8.30. The van der Waals surface area contributed by atoms with E-state index in [1.165, 1.54) is 0 Å². The van der Waals surface area contributed by atoms with Gasteiger partial charge in [0.1, 0.15) is 18.2 Å². The SMILES string of the molecule is CC(C)(C)C(c1ccccc1)C(NC(=O)O)c1cc(-c2ccccc2OCc2ccccc2)nc(N)c1C=O. The molecular weight excluding hydrogens is 490 g/mol. The molecular formula is C32H33N3O4. The molecule has 2 atom stereocenters. The Morgan fingerprint density at radius 2 is 1.62 bits per heavy atom. The molecule has 0 saturated carbocycles. The van der Waals surface area contributed by atoms with Crippen molar-refractivity contribution in [2.24, 2.45) is 5.41 Å². The fourth-order valence-electron chi connectivity index (χ4n) is 4.98. The van der Waals surface area contributed by atoms with Crippen molar-refractivity contribution in [1.82, 2.24) is 10.3 Å². The van der Waals surface area contributed by atoms with E-state index in [1.54, 1.807) is 6.07 Å². The van der Waals surface area contributed by atoms with Crippen LogP contribution in [0.2, 0.25) is 0 Å². The molecule has 0 aliphatic rings. The minimum atomic E-state index is -1.20. The van der Waals surface area contributed by atoms with Gasteiger partial charge < -0.3 is 20.9 Å². The number of rotatable bonds is 9. The van der Waals surface area contributed by atoms with Crippen molar-refractivity contribution < 1.29 is 19.4 Å². The highest BCUT2D eigenvalue weighted by Crippen LogP contribution is 2.46. The molecule has 2 unspecified atom stereocenters.